The van der Waals surface area contributed by atoms with E-state index in [0.29, 0.717) is 24.5 Å². The van der Waals surface area contributed by atoms with Crippen molar-refractivity contribution in [3.8, 4) is 5.69 Å². The van der Waals surface area contributed by atoms with Crippen LogP contribution in [-0.2, 0) is 9.59 Å². The second-order valence-corrected chi connectivity index (χ2v) is 11.4. The van der Waals surface area contributed by atoms with Crippen molar-refractivity contribution in [2.24, 2.45) is 0 Å². The molecule has 11 heteroatoms. The number of aromatic nitrogens is 1. The van der Waals surface area contributed by atoms with Gasteiger partial charge in [0.15, 0.2) is 0 Å². The largest absolute Gasteiger partial charge is 0.377 e. The molecule has 1 saturated carbocycles. The number of nitro groups is 1. The van der Waals surface area contributed by atoms with Gasteiger partial charge in [-0.2, -0.15) is 0 Å². The van der Waals surface area contributed by atoms with Gasteiger partial charge in [-0.15, -0.1) is 0 Å². The smallest absolute Gasteiger partial charge is 0.294 e. The zero-order valence-corrected chi connectivity index (χ0v) is 23.1. The standard InChI is InChI=1S/C28H33N5O5S/c1-18-14-20(15-25-27(35)31(28(36)39-25)17-26(34)30-12-6-7-13-30)19(2)32(18)22-10-11-23(24(16-22)33(37)38)29-21-8-4-3-5-9-21/h10-11,14-16,21,29H,3-9,12-13,17H2,1-2H3/b25-15-. The average Bonchev–Trinajstić information content (AvgIpc) is 3.61. The highest BCUT2D eigenvalue weighted by atomic mass is 32.2. The molecule has 0 radical (unpaired) electrons. The van der Waals surface area contributed by atoms with Crippen molar-refractivity contribution in [1.82, 2.24) is 14.4 Å². The number of rotatable bonds is 7. The molecule has 1 N–H and O–H groups in total. The number of benzene rings is 1. The molecule has 5 rings (SSSR count). The topological polar surface area (TPSA) is 118 Å². The maximum absolute atomic E-state index is 13.0. The Balaban J connectivity index is 1.38. The third-order valence-corrected chi connectivity index (χ3v) is 8.69. The van der Waals surface area contributed by atoms with E-state index >= 15 is 0 Å². The number of nitrogens with zero attached hydrogens (tertiary/aromatic N) is 4. The number of nitrogens with one attached hydrogen (secondary N) is 1. The van der Waals surface area contributed by atoms with E-state index in [-0.39, 0.29) is 34.0 Å². The number of nitro benzene ring substituents is 1. The normalized spacial score (nSPS) is 19.4. The first kappa shape index (κ1) is 27.0. The molecular formula is C28H33N5O5S. The van der Waals surface area contributed by atoms with E-state index in [1.165, 1.54) is 6.42 Å². The van der Waals surface area contributed by atoms with Gasteiger partial charge in [0, 0.05) is 36.6 Å². The van der Waals surface area contributed by atoms with Gasteiger partial charge in [-0.25, -0.2) is 0 Å². The summed E-state index contributed by atoms with van der Waals surface area (Å²) in [4.78, 5) is 52.7. The summed E-state index contributed by atoms with van der Waals surface area (Å²) in [5, 5.41) is 14.9. The van der Waals surface area contributed by atoms with Crippen molar-refractivity contribution in [2.45, 2.75) is 64.8 Å². The molecule has 3 aliphatic rings. The zero-order chi connectivity index (χ0) is 27.7. The number of carbonyl (C=O) groups is 3. The summed E-state index contributed by atoms with van der Waals surface area (Å²) in [6, 6.07) is 7.33. The van der Waals surface area contributed by atoms with E-state index in [9.17, 15) is 24.5 Å². The van der Waals surface area contributed by atoms with E-state index in [0.717, 1.165) is 72.1 Å². The molecule has 2 aliphatic heterocycles. The van der Waals surface area contributed by atoms with Crippen LogP contribution in [0, 0.1) is 24.0 Å². The van der Waals surface area contributed by atoms with Crippen molar-refractivity contribution in [3.05, 3.63) is 56.2 Å². The van der Waals surface area contributed by atoms with Crippen LogP contribution < -0.4 is 5.32 Å². The lowest BCUT2D eigenvalue weighted by Gasteiger charge is -2.24. The molecule has 206 valence electrons. The van der Waals surface area contributed by atoms with Crippen LogP contribution in [0.1, 0.15) is 61.9 Å². The lowest BCUT2D eigenvalue weighted by atomic mass is 9.95. The van der Waals surface area contributed by atoms with E-state index < -0.39 is 11.1 Å². The molecule has 1 aromatic heterocycles. The Morgan fingerprint density at radius 2 is 1.82 bits per heavy atom. The lowest BCUT2D eigenvalue weighted by Crippen LogP contribution is -2.40. The maximum Gasteiger partial charge on any atom is 0.294 e. The Hall–Kier alpha value is -3.60. The van der Waals surface area contributed by atoms with Gasteiger partial charge >= 0.3 is 0 Å². The van der Waals surface area contributed by atoms with Crippen LogP contribution in [0.5, 0.6) is 0 Å². The number of amides is 3. The molecular weight excluding hydrogens is 518 g/mol. The molecule has 0 atom stereocenters. The third kappa shape index (κ3) is 5.59. The molecule has 3 fully saturated rings. The highest BCUT2D eigenvalue weighted by molar-refractivity contribution is 8.18. The van der Waals surface area contributed by atoms with Crippen LogP contribution in [0.15, 0.2) is 29.2 Å². The van der Waals surface area contributed by atoms with Gasteiger partial charge in [0.25, 0.3) is 16.8 Å². The minimum absolute atomic E-state index is 0.0240. The quantitative estimate of drug-likeness (QED) is 0.278. The van der Waals surface area contributed by atoms with Gasteiger partial charge in [0.05, 0.1) is 15.5 Å². The van der Waals surface area contributed by atoms with E-state index in [2.05, 4.69) is 5.32 Å². The summed E-state index contributed by atoms with van der Waals surface area (Å²) in [5.41, 5.74) is 3.55. The molecule has 3 heterocycles. The second-order valence-electron chi connectivity index (χ2n) is 10.5. The maximum atomic E-state index is 13.0. The molecule has 2 aromatic rings. The number of imide groups is 1. The SMILES string of the molecule is Cc1cc(/C=C2\SC(=O)N(CC(=O)N3CCCC3)C2=O)c(C)n1-c1ccc(NC2CCCCC2)c([N+](=O)[O-])c1. The number of hydrogen-bond acceptors (Lipinski definition) is 7. The van der Waals surface area contributed by atoms with Crippen molar-refractivity contribution < 1.29 is 19.3 Å². The van der Waals surface area contributed by atoms with Gasteiger partial charge in [-0.05, 0) is 81.1 Å². The molecule has 10 nitrogen and oxygen atoms in total. The highest BCUT2D eigenvalue weighted by Crippen LogP contribution is 2.35. The third-order valence-electron chi connectivity index (χ3n) is 7.78. The fourth-order valence-electron chi connectivity index (χ4n) is 5.71. The minimum Gasteiger partial charge on any atom is -0.377 e. The first-order valence-corrected chi connectivity index (χ1v) is 14.3. The number of carbonyl (C=O) groups excluding carboxylic acids is 3. The van der Waals surface area contributed by atoms with Crippen LogP contribution in [-0.4, -0.2) is 62.0 Å². The fraction of sp³-hybridized carbons (Fsp3) is 0.464. The Morgan fingerprint density at radius 1 is 1.10 bits per heavy atom. The van der Waals surface area contributed by atoms with E-state index in [4.69, 9.17) is 0 Å². The fourth-order valence-corrected chi connectivity index (χ4v) is 6.54. The minimum atomic E-state index is -0.476. The average molecular weight is 552 g/mol. The lowest BCUT2D eigenvalue weighted by molar-refractivity contribution is -0.384. The first-order valence-electron chi connectivity index (χ1n) is 13.5. The van der Waals surface area contributed by atoms with Crippen LogP contribution in [0.4, 0.5) is 16.2 Å². The molecule has 1 aromatic carbocycles. The van der Waals surface area contributed by atoms with Gasteiger partial charge in [-0.1, -0.05) is 19.3 Å². The Labute approximate surface area is 231 Å². The van der Waals surface area contributed by atoms with Crippen molar-refractivity contribution >= 4 is 46.3 Å². The Bertz CT molecular complexity index is 1350. The molecule has 39 heavy (non-hydrogen) atoms. The van der Waals surface area contributed by atoms with Crippen molar-refractivity contribution in [2.75, 3.05) is 25.0 Å². The summed E-state index contributed by atoms with van der Waals surface area (Å²) in [7, 11) is 0. The van der Waals surface area contributed by atoms with Crippen LogP contribution in [0.25, 0.3) is 11.8 Å². The van der Waals surface area contributed by atoms with Crippen LogP contribution in [0.3, 0.4) is 0 Å². The van der Waals surface area contributed by atoms with Crippen molar-refractivity contribution in [3.63, 3.8) is 0 Å². The van der Waals surface area contributed by atoms with Gasteiger partial charge < -0.3 is 14.8 Å². The Morgan fingerprint density at radius 3 is 2.51 bits per heavy atom. The monoisotopic (exact) mass is 551 g/mol. The predicted molar refractivity (Wildman–Crippen MR) is 151 cm³/mol. The predicted octanol–water partition coefficient (Wildman–Crippen LogP) is 5.41. The van der Waals surface area contributed by atoms with E-state index in [1.807, 2.05) is 30.5 Å². The molecule has 0 spiro atoms. The molecule has 0 bridgehead atoms. The summed E-state index contributed by atoms with van der Waals surface area (Å²) >= 11 is 0.827. The number of aryl methyl sites for hydroxylation is 1. The molecule has 3 amide bonds. The summed E-state index contributed by atoms with van der Waals surface area (Å²) in [5.74, 6) is -0.687. The Kier molecular flexibility index (Phi) is 7.79. The second kappa shape index (κ2) is 11.3. The zero-order valence-electron chi connectivity index (χ0n) is 22.3. The van der Waals surface area contributed by atoms with Crippen LogP contribution in [0.2, 0.25) is 0 Å². The first-order chi connectivity index (χ1) is 18.7. The van der Waals surface area contributed by atoms with Gasteiger partial charge in [-0.3, -0.25) is 29.4 Å². The number of thioether (sulfide) groups is 1. The molecule has 2 saturated heterocycles. The molecule has 0 unspecified atom stereocenters. The number of hydrogen-bond donors (Lipinski definition) is 1. The summed E-state index contributed by atoms with van der Waals surface area (Å²) in [6.07, 6.45) is 9.02. The highest BCUT2D eigenvalue weighted by Gasteiger charge is 2.37. The van der Waals surface area contributed by atoms with E-state index in [1.54, 1.807) is 23.1 Å². The molecule has 1 aliphatic carbocycles. The summed E-state index contributed by atoms with van der Waals surface area (Å²) < 4.78 is 1.91. The summed E-state index contributed by atoms with van der Waals surface area (Å²) in [6.45, 7) is 4.84. The number of likely N-dealkylation sites (tertiary alicyclic amines) is 1. The number of anilines is 1. The van der Waals surface area contributed by atoms with Gasteiger partial charge in [0.2, 0.25) is 5.91 Å². The van der Waals surface area contributed by atoms with Crippen LogP contribution >= 0.6 is 11.8 Å². The van der Waals surface area contributed by atoms with Gasteiger partial charge in [0.1, 0.15) is 12.2 Å². The van der Waals surface area contributed by atoms with Crippen molar-refractivity contribution in [1.29, 1.82) is 0 Å².